The van der Waals surface area contributed by atoms with Gasteiger partial charge in [0.05, 0.1) is 19.3 Å². The van der Waals surface area contributed by atoms with Crippen LogP contribution in [0.4, 0.5) is 0 Å². The smallest absolute Gasteiger partial charge is 0.348 e. The molecule has 0 saturated carbocycles. The maximum Gasteiger partial charge on any atom is 0.348 e. The zero-order valence-corrected chi connectivity index (χ0v) is 21.8. The second kappa shape index (κ2) is 10.5. The number of benzene rings is 4. The summed E-state index contributed by atoms with van der Waals surface area (Å²) in [7, 11) is 1.56. The summed E-state index contributed by atoms with van der Waals surface area (Å²) in [5.74, 6) is 1.43. The first-order valence-electron chi connectivity index (χ1n) is 12.7. The zero-order chi connectivity index (χ0) is 27.6. The molecule has 40 heavy (non-hydrogen) atoms. The van der Waals surface area contributed by atoms with Crippen molar-refractivity contribution in [1.29, 1.82) is 0 Å². The van der Waals surface area contributed by atoms with Crippen molar-refractivity contribution in [2.45, 2.75) is 6.92 Å². The summed E-state index contributed by atoms with van der Waals surface area (Å²) < 4.78 is 28.8. The average Bonchev–Trinajstić information content (AvgIpc) is 3.51. The summed E-state index contributed by atoms with van der Waals surface area (Å²) >= 11 is 0. The highest BCUT2D eigenvalue weighted by molar-refractivity contribution is 6.15. The normalized spacial score (nSPS) is 13.2. The number of esters is 1. The maximum atomic E-state index is 13.6. The van der Waals surface area contributed by atoms with Gasteiger partial charge in [-0.25, -0.2) is 4.79 Å². The van der Waals surface area contributed by atoms with Gasteiger partial charge in [0.2, 0.25) is 5.78 Å². The lowest BCUT2D eigenvalue weighted by Crippen LogP contribution is -2.09. The van der Waals surface area contributed by atoms with Gasteiger partial charge in [0, 0.05) is 22.6 Å². The van der Waals surface area contributed by atoms with Crippen molar-refractivity contribution in [3.63, 3.8) is 0 Å². The second-order valence-electron chi connectivity index (χ2n) is 8.99. The lowest BCUT2D eigenvalue weighted by Gasteiger charge is -2.07. The summed E-state index contributed by atoms with van der Waals surface area (Å²) in [6.07, 6.45) is 1.65. The molecule has 0 fully saturated rings. The molecule has 198 valence electrons. The SMILES string of the molecule is CCOc1ccccc1C=C1Oc2cc(OC(=O)c3c(-c4ccccc4)oc4ccc(OC)cc34)ccc2C1=O. The van der Waals surface area contributed by atoms with Crippen LogP contribution in [0.15, 0.2) is 101 Å². The number of ketones is 1. The molecule has 0 amide bonds. The molecule has 0 atom stereocenters. The Morgan fingerprint density at radius 3 is 2.48 bits per heavy atom. The first-order valence-corrected chi connectivity index (χ1v) is 12.7. The van der Waals surface area contributed by atoms with Crippen LogP contribution in [0.3, 0.4) is 0 Å². The minimum absolute atomic E-state index is 0.157. The van der Waals surface area contributed by atoms with Crippen LogP contribution in [0.1, 0.15) is 33.2 Å². The van der Waals surface area contributed by atoms with Gasteiger partial charge in [-0.2, -0.15) is 0 Å². The number of para-hydroxylation sites is 1. The number of carbonyl (C=O) groups is 2. The van der Waals surface area contributed by atoms with Crippen LogP contribution in [0.5, 0.6) is 23.0 Å². The number of hydrogen-bond donors (Lipinski definition) is 0. The third-order valence-electron chi connectivity index (χ3n) is 6.49. The van der Waals surface area contributed by atoms with Crippen LogP contribution in [-0.2, 0) is 0 Å². The van der Waals surface area contributed by atoms with Gasteiger partial charge in [-0.05, 0) is 49.4 Å². The fraction of sp³-hybridized carbons (Fsp3) is 0.0909. The molecule has 0 unspecified atom stereocenters. The van der Waals surface area contributed by atoms with Crippen molar-refractivity contribution in [3.05, 3.63) is 113 Å². The molecule has 0 radical (unpaired) electrons. The van der Waals surface area contributed by atoms with Crippen LogP contribution in [0.2, 0.25) is 0 Å². The van der Waals surface area contributed by atoms with Gasteiger partial charge in [0.15, 0.2) is 5.76 Å². The van der Waals surface area contributed by atoms with Crippen LogP contribution >= 0.6 is 0 Å². The molecular formula is C33H24O7. The largest absolute Gasteiger partial charge is 0.497 e. The molecule has 0 aliphatic carbocycles. The second-order valence-corrected chi connectivity index (χ2v) is 8.99. The summed E-state index contributed by atoms with van der Waals surface area (Å²) in [5.41, 5.74) is 2.63. The maximum absolute atomic E-state index is 13.6. The number of methoxy groups -OCH3 is 1. The zero-order valence-electron chi connectivity index (χ0n) is 21.8. The highest BCUT2D eigenvalue weighted by Crippen LogP contribution is 2.38. The number of ether oxygens (including phenoxy) is 4. The van der Waals surface area contributed by atoms with Crippen molar-refractivity contribution in [3.8, 4) is 34.3 Å². The van der Waals surface area contributed by atoms with Crippen molar-refractivity contribution in [2.75, 3.05) is 13.7 Å². The van der Waals surface area contributed by atoms with E-state index in [-0.39, 0.29) is 22.9 Å². The fourth-order valence-electron chi connectivity index (χ4n) is 4.62. The molecular weight excluding hydrogens is 508 g/mol. The first-order chi connectivity index (χ1) is 19.6. The van der Waals surface area contributed by atoms with Crippen LogP contribution in [0, 0.1) is 0 Å². The third kappa shape index (κ3) is 4.58. The molecule has 1 aliphatic heterocycles. The van der Waals surface area contributed by atoms with E-state index in [1.54, 1.807) is 43.5 Å². The molecule has 7 heteroatoms. The molecule has 1 aromatic heterocycles. The van der Waals surface area contributed by atoms with Crippen molar-refractivity contribution in [2.24, 2.45) is 0 Å². The van der Waals surface area contributed by atoms with Crippen molar-refractivity contribution in [1.82, 2.24) is 0 Å². The van der Waals surface area contributed by atoms with Gasteiger partial charge >= 0.3 is 5.97 Å². The van der Waals surface area contributed by atoms with E-state index in [2.05, 4.69) is 0 Å². The van der Waals surface area contributed by atoms with E-state index in [1.807, 2.05) is 61.5 Å². The third-order valence-corrected chi connectivity index (χ3v) is 6.49. The van der Waals surface area contributed by atoms with E-state index in [1.165, 1.54) is 6.07 Å². The van der Waals surface area contributed by atoms with E-state index >= 15 is 0 Å². The quantitative estimate of drug-likeness (QED) is 0.123. The minimum Gasteiger partial charge on any atom is -0.497 e. The Bertz CT molecular complexity index is 1780. The summed E-state index contributed by atoms with van der Waals surface area (Å²) in [4.78, 5) is 26.6. The minimum atomic E-state index is -0.614. The van der Waals surface area contributed by atoms with Crippen LogP contribution in [-0.4, -0.2) is 25.5 Å². The number of furan rings is 1. The molecule has 7 nitrogen and oxygen atoms in total. The monoisotopic (exact) mass is 532 g/mol. The molecule has 2 heterocycles. The van der Waals surface area contributed by atoms with Gasteiger partial charge in [-0.3, -0.25) is 4.79 Å². The Balaban J connectivity index is 1.32. The highest BCUT2D eigenvalue weighted by atomic mass is 16.5. The molecule has 1 aliphatic rings. The number of allylic oxidation sites excluding steroid dienone is 1. The summed E-state index contributed by atoms with van der Waals surface area (Å²) in [6.45, 7) is 2.39. The topological polar surface area (TPSA) is 84.2 Å². The van der Waals surface area contributed by atoms with Gasteiger partial charge in [-0.1, -0.05) is 48.5 Å². The van der Waals surface area contributed by atoms with E-state index in [0.717, 1.165) is 11.1 Å². The van der Waals surface area contributed by atoms with Crippen molar-refractivity contribution >= 4 is 28.8 Å². The van der Waals surface area contributed by atoms with Gasteiger partial charge in [0.25, 0.3) is 0 Å². The van der Waals surface area contributed by atoms with E-state index in [0.29, 0.717) is 46.1 Å². The van der Waals surface area contributed by atoms with E-state index in [9.17, 15) is 9.59 Å². The van der Waals surface area contributed by atoms with Crippen LogP contribution in [0.25, 0.3) is 28.4 Å². The Kier molecular flexibility index (Phi) is 6.54. The molecule has 5 aromatic rings. The number of rotatable bonds is 7. The Hall–Kier alpha value is -5.30. The van der Waals surface area contributed by atoms with Gasteiger partial charge in [0.1, 0.15) is 39.9 Å². The van der Waals surface area contributed by atoms with Gasteiger partial charge in [-0.15, -0.1) is 0 Å². The lowest BCUT2D eigenvalue weighted by atomic mass is 10.1. The number of Topliss-reactive ketones (excluding diaryl/α,β-unsaturated/α-hetero) is 1. The number of fused-ring (bicyclic) bond motifs is 2. The molecule has 0 spiro atoms. The molecule has 0 N–H and O–H groups in total. The molecule has 6 rings (SSSR count). The lowest BCUT2D eigenvalue weighted by molar-refractivity contribution is 0.0736. The molecule has 4 aromatic carbocycles. The van der Waals surface area contributed by atoms with E-state index in [4.69, 9.17) is 23.4 Å². The number of hydrogen-bond acceptors (Lipinski definition) is 7. The number of carbonyl (C=O) groups excluding carboxylic acids is 2. The Labute approximate surface area is 230 Å². The summed E-state index contributed by atoms with van der Waals surface area (Å²) in [6, 6.07) is 26.7. The summed E-state index contributed by atoms with van der Waals surface area (Å²) in [5, 5.41) is 0.564. The standard InChI is InChI=1S/C33H24O7/c1-3-37-26-12-8-7-11-21(26)17-29-31(34)24-15-13-23(19-28(24)39-29)38-33(35)30-25-18-22(36-2)14-16-27(25)40-32(30)20-9-5-4-6-10-20/h4-19H,3H2,1-2H3. The Morgan fingerprint density at radius 1 is 0.900 bits per heavy atom. The molecule has 0 bridgehead atoms. The first kappa shape index (κ1) is 25.0. The fourth-order valence-corrected chi connectivity index (χ4v) is 4.62. The molecule has 0 saturated heterocycles. The van der Waals surface area contributed by atoms with Crippen molar-refractivity contribution < 1.29 is 33.0 Å². The average molecular weight is 533 g/mol. The highest BCUT2D eigenvalue weighted by Gasteiger charge is 2.29. The van der Waals surface area contributed by atoms with E-state index < -0.39 is 5.97 Å². The van der Waals surface area contributed by atoms with Gasteiger partial charge < -0.3 is 23.4 Å². The predicted octanol–water partition coefficient (Wildman–Crippen LogP) is 7.34. The Morgan fingerprint density at radius 2 is 1.68 bits per heavy atom. The van der Waals surface area contributed by atoms with Crippen LogP contribution < -0.4 is 18.9 Å². The predicted molar refractivity (Wildman–Crippen MR) is 150 cm³/mol.